The van der Waals surface area contributed by atoms with Crippen molar-refractivity contribution in [3.8, 4) is 0 Å². The molecule has 2 N–H and O–H groups in total. The fourth-order valence-electron chi connectivity index (χ4n) is 4.94. The van der Waals surface area contributed by atoms with Crippen molar-refractivity contribution < 1.29 is 18.0 Å². The van der Waals surface area contributed by atoms with Gasteiger partial charge in [-0.05, 0) is 43.2 Å². The first kappa shape index (κ1) is 26.7. The third-order valence-corrected chi connectivity index (χ3v) is 6.83. The Morgan fingerprint density at radius 3 is 2.44 bits per heavy atom. The molecule has 2 aliphatic rings. The summed E-state index contributed by atoms with van der Waals surface area (Å²) in [5.74, 6) is 1.24. The Labute approximate surface area is 205 Å². The average molecular weight is 566 g/mol. The molecule has 1 aromatic carbocycles. The first-order valence-corrected chi connectivity index (χ1v) is 11.1. The van der Waals surface area contributed by atoms with E-state index in [-0.39, 0.29) is 35.3 Å². The van der Waals surface area contributed by atoms with E-state index < -0.39 is 11.7 Å². The molecule has 1 aliphatic heterocycles. The Morgan fingerprint density at radius 1 is 1.22 bits per heavy atom. The number of nitrogens with zero attached hydrogens (tertiary/aromatic N) is 2. The zero-order valence-corrected chi connectivity index (χ0v) is 21.1. The maximum atomic E-state index is 13.3. The number of alkyl halides is 3. The lowest BCUT2D eigenvalue weighted by molar-refractivity contribution is -0.137. The minimum Gasteiger partial charge on any atom is -0.359 e. The van der Waals surface area contributed by atoms with Gasteiger partial charge in [0.15, 0.2) is 5.96 Å². The Morgan fingerprint density at radius 2 is 1.88 bits per heavy atom. The van der Waals surface area contributed by atoms with Crippen molar-refractivity contribution in [3.05, 3.63) is 35.4 Å². The van der Waals surface area contributed by atoms with Gasteiger partial charge in [0.1, 0.15) is 0 Å². The molecule has 5 nitrogen and oxygen atoms in total. The zero-order chi connectivity index (χ0) is 22.5. The second-order valence-electron chi connectivity index (χ2n) is 8.77. The fourth-order valence-corrected chi connectivity index (χ4v) is 4.94. The number of aliphatic imine (C=N–C) groups is 1. The van der Waals surface area contributed by atoms with Crippen molar-refractivity contribution in [2.24, 2.45) is 10.9 Å². The molecule has 180 valence electrons. The molecule has 2 fully saturated rings. The van der Waals surface area contributed by atoms with Gasteiger partial charge in [-0.15, -0.1) is 24.0 Å². The molecular weight excluding hydrogens is 532 g/mol. The van der Waals surface area contributed by atoms with Gasteiger partial charge in [0.05, 0.1) is 5.56 Å². The molecule has 3 rings (SSSR count). The molecular formula is C23H34F3IN4O. The van der Waals surface area contributed by atoms with Crippen LogP contribution in [0.5, 0.6) is 0 Å². The standard InChI is InChI=1S/C23H33F3N4O.HI/c1-27-20(31)14-17-8-12-30(13-9-17)21(28-2)29-16-22(10-3-4-11-22)18-6-5-7-19(15-18)23(24,25)26;/h5-7,15,17H,3-4,8-14,16H2,1-2H3,(H,27,31)(H,28,29);1H. The van der Waals surface area contributed by atoms with Gasteiger partial charge >= 0.3 is 6.18 Å². The molecule has 1 heterocycles. The summed E-state index contributed by atoms with van der Waals surface area (Å²) in [6, 6.07) is 5.81. The fraction of sp³-hybridized carbons (Fsp3) is 0.652. The maximum Gasteiger partial charge on any atom is 0.416 e. The van der Waals surface area contributed by atoms with E-state index in [1.807, 2.05) is 6.07 Å². The number of likely N-dealkylation sites (tertiary alicyclic amines) is 1. The van der Waals surface area contributed by atoms with Crippen molar-refractivity contribution in [3.63, 3.8) is 0 Å². The van der Waals surface area contributed by atoms with Crippen LogP contribution < -0.4 is 10.6 Å². The first-order valence-electron chi connectivity index (χ1n) is 11.1. The van der Waals surface area contributed by atoms with Crippen LogP contribution in [0.2, 0.25) is 0 Å². The SMILES string of the molecule is CN=C(NCC1(c2cccc(C(F)(F)F)c2)CCCC1)N1CCC(CC(=O)NC)CC1.I. The smallest absolute Gasteiger partial charge is 0.359 e. The predicted octanol–water partition coefficient (Wildman–Crippen LogP) is 4.56. The molecule has 0 radical (unpaired) electrons. The second kappa shape index (κ2) is 11.6. The van der Waals surface area contributed by atoms with Crippen LogP contribution in [0.4, 0.5) is 13.2 Å². The number of benzene rings is 1. The second-order valence-corrected chi connectivity index (χ2v) is 8.77. The Bertz CT molecular complexity index is 786. The monoisotopic (exact) mass is 566 g/mol. The number of hydrogen-bond donors (Lipinski definition) is 2. The molecule has 0 atom stereocenters. The van der Waals surface area contributed by atoms with E-state index in [1.165, 1.54) is 12.1 Å². The molecule has 1 amide bonds. The van der Waals surface area contributed by atoms with E-state index in [9.17, 15) is 18.0 Å². The lowest BCUT2D eigenvalue weighted by Gasteiger charge is -2.36. The van der Waals surface area contributed by atoms with E-state index in [2.05, 4.69) is 20.5 Å². The Hall–Kier alpha value is -1.52. The zero-order valence-electron chi connectivity index (χ0n) is 18.8. The summed E-state index contributed by atoms with van der Waals surface area (Å²) in [7, 11) is 3.40. The van der Waals surface area contributed by atoms with Crippen LogP contribution in [0, 0.1) is 5.92 Å². The number of hydrogen-bond acceptors (Lipinski definition) is 2. The lowest BCUT2D eigenvalue weighted by Crippen LogP contribution is -2.49. The quantitative estimate of drug-likeness (QED) is 0.312. The van der Waals surface area contributed by atoms with Gasteiger partial charge in [0, 0.05) is 45.6 Å². The summed E-state index contributed by atoms with van der Waals surface area (Å²) < 4.78 is 39.8. The van der Waals surface area contributed by atoms with E-state index in [0.29, 0.717) is 18.9 Å². The van der Waals surface area contributed by atoms with Crippen molar-refractivity contribution in [1.82, 2.24) is 15.5 Å². The van der Waals surface area contributed by atoms with Crippen molar-refractivity contribution in [2.75, 3.05) is 33.7 Å². The van der Waals surface area contributed by atoms with Crippen molar-refractivity contribution >= 4 is 35.8 Å². The summed E-state index contributed by atoms with van der Waals surface area (Å²) in [5, 5.41) is 6.14. The average Bonchev–Trinajstić information content (AvgIpc) is 3.25. The summed E-state index contributed by atoms with van der Waals surface area (Å²) in [6.07, 6.45) is 1.83. The molecule has 0 spiro atoms. The number of carbonyl (C=O) groups excluding carboxylic acids is 1. The van der Waals surface area contributed by atoms with Gasteiger partial charge < -0.3 is 15.5 Å². The highest BCUT2D eigenvalue weighted by Gasteiger charge is 2.38. The van der Waals surface area contributed by atoms with Crippen molar-refractivity contribution in [2.45, 2.75) is 56.5 Å². The molecule has 1 aromatic rings. The number of rotatable bonds is 5. The van der Waals surface area contributed by atoms with Gasteiger partial charge in [0.2, 0.25) is 5.91 Å². The van der Waals surface area contributed by atoms with Crippen LogP contribution >= 0.6 is 24.0 Å². The van der Waals surface area contributed by atoms with Crippen LogP contribution in [0.15, 0.2) is 29.3 Å². The van der Waals surface area contributed by atoms with Crippen LogP contribution in [0.25, 0.3) is 0 Å². The summed E-state index contributed by atoms with van der Waals surface area (Å²) in [6.45, 7) is 2.20. The van der Waals surface area contributed by atoms with Gasteiger partial charge in [-0.25, -0.2) is 0 Å². The molecule has 0 unspecified atom stereocenters. The Kier molecular flexibility index (Phi) is 9.66. The normalized spacial score (nSPS) is 19.4. The highest BCUT2D eigenvalue weighted by molar-refractivity contribution is 14.0. The van der Waals surface area contributed by atoms with Crippen LogP contribution in [0.1, 0.15) is 56.1 Å². The number of halogens is 4. The number of nitrogens with one attached hydrogen (secondary N) is 2. The minimum atomic E-state index is -4.34. The summed E-state index contributed by atoms with van der Waals surface area (Å²) in [5.41, 5.74) is -0.139. The molecule has 1 saturated heterocycles. The van der Waals surface area contributed by atoms with E-state index >= 15 is 0 Å². The van der Waals surface area contributed by atoms with Gasteiger partial charge in [0.25, 0.3) is 0 Å². The lowest BCUT2D eigenvalue weighted by atomic mass is 9.78. The van der Waals surface area contributed by atoms with Crippen molar-refractivity contribution in [1.29, 1.82) is 0 Å². The predicted molar refractivity (Wildman–Crippen MR) is 131 cm³/mol. The molecule has 1 aliphatic carbocycles. The third-order valence-electron chi connectivity index (χ3n) is 6.83. The van der Waals surface area contributed by atoms with E-state index in [4.69, 9.17) is 0 Å². The van der Waals surface area contributed by atoms with Gasteiger partial charge in [-0.2, -0.15) is 13.2 Å². The molecule has 0 aromatic heterocycles. The van der Waals surface area contributed by atoms with Crippen LogP contribution in [-0.4, -0.2) is 50.5 Å². The molecule has 0 bridgehead atoms. The largest absolute Gasteiger partial charge is 0.416 e. The van der Waals surface area contributed by atoms with Crippen LogP contribution in [-0.2, 0) is 16.4 Å². The minimum absolute atomic E-state index is 0. The number of guanidine groups is 1. The van der Waals surface area contributed by atoms with E-state index in [1.54, 1.807) is 14.1 Å². The number of amides is 1. The van der Waals surface area contributed by atoms with E-state index in [0.717, 1.165) is 69.2 Å². The highest BCUT2D eigenvalue weighted by atomic mass is 127. The third kappa shape index (κ3) is 6.51. The van der Waals surface area contributed by atoms with Crippen LogP contribution in [0.3, 0.4) is 0 Å². The van der Waals surface area contributed by atoms with Gasteiger partial charge in [-0.3, -0.25) is 9.79 Å². The molecule has 9 heteroatoms. The molecule has 1 saturated carbocycles. The first-order chi connectivity index (χ1) is 14.8. The summed E-state index contributed by atoms with van der Waals surface area (Å²) in [4.78, 5) is 18.2. The summed E-state index contributed by atoms with van der Waals surface area (Å²) >= 11 is 0. The topological polar surface area (TPSA) is 56.7 Å². The highest BCUT2D eigenvalue weighted by Crippen LogP contribution is 2.42. The maximum absolute atomic E-state index is 13.3. The number of piperidine rings is 1. The Balaban J connectivity index is 0.00000363. The number of carbonyl (C=O) groups is 1. The molecule has 32 heavy (non-hydrogen) atoms. The van der Waals surface area contributed by atoms with Gasteiger partial charge in [-0.1, -0.05) is 31.0 Å².